The zero-order valence-electron chi connectivity index (χ0n) is 11.6. The quantitative estimate of drug-likeness (QED) is 0.821. The van der Waals surface area contributed by atoms with Crippen LogP contribution in [0, 0.1) is 0 Å². The number of hydrogen-bond donors (Lipinski definition) is 0. The molecular formula is C15H21N3. The third kappa shape index (κ3) is 2.78. The Morgan fingerprint density at radius 3 is 2.44 bits per heavy atom. The third-order valence-electron chi connectivity index (χ3n) is 3.05. The smallest absolute Gasteiger partial charge is 0.0834 e. The third-order valence-corrected chi connectivity index (χ3v) is 3.05. The molecule has 2 aromatic heterocycles. The van der Waals surface area contributed by atoms with Gasteiger partial charge in [-0.2, -0.15) is 5.10 Å². The zero-order valence-corrected chi connectivity index (χ0v) is 11.6. The van der Waals surface area contributed by atoms with Gasteiger partial charge < -0.3 is 0 Å². The Morgan fingerprint density at radius 2 is 1.89 bits per heavy atom. The summed E-state index contributed by atoms with van der Waals surface area (Å²) in [5.41, 5.74) is 3.50. The van der Waals surface area contributed by atoms with Crippen molar-refractivity contribution in [3.05, 3.63) is 47.5 Å². The van der Waals surface area contributed by atoms with Gasteiger partial charge in [0.2, 0.25) is 0 Å². The standard InChI is InChI=1S/C15H21N3/c1-11(2)14-9-15(12(3)4)18(17-14)10-13-7-5-6-8-16-13/h5-9,11-12H,10H2,1-4H3. The van der Waals surface area contributed by atoms with Crippen LogP contribution in [0.2, 0.25) is 0 Å². The Balaban J connectivity index is 2.31. The van der Waals surface area contributed by atoms with Crippen molar-refractivity contribution in [2.45, 2.75) is 46.1 Å². The van der Waals surface area contributed by atoms with E-state index in [0.29, 0.717) is 11.8 Å². The lowest BCUT2D eigenvalue weighted by atomic mass is 10.1. The Morgan fingerprint density at radius 1 is 1.11 bits per heavy atom. The first-order valence-electron chi connectivity index (χ1n) is 6.55. The predicted molar refractivity (Wildman–Crippen MR) is 73.7 cm³/mol. The molecule has 0 aliphatic heterocycles. The highest BCUT2D eigenvalue weighted by atomic mass is 15.3. The Hall–Kier alpha value is -1.64. The minimum Gasteiger partial charge on any atom is -0.263 e. The van der Waals surface area contributed by atoms with Crippen molar-refractivity contribution in [3.63, 3.8) is 0 Å². The average Bonchev–Trinajstić information content (AvgIpc) is 2.74. The lowest BCUT2D eigenvalue weighted by Crippen LogP contribution is -2.08. The molecule has 0 spiro atoms. The first kappa shape index (κ1) is 12.8. The monoisotopic (exact) mass is 243 g/mol. The van der Waals surface area contributed by atoms with Crippen LogP contribution >= 0.6 is 0 Å². The highest BCUT2D eigenvalue weighted by molar-refractivity contribution is 5.18. The SMILES string of the molecule is CC(C)c1cc(C(C)C)n(Cc2ccccn2)n1. The van der Waals surface area contributed by atoms with Gasteiger partial charge in [0, 0.05) is 11.9 Å². The molecule has 2 heterocycles. The summed E-state index contributed by atoms with van der Waals surface area (Å²) in [6, 6.07) is 8.22. The van der Waals surface area contributed by atoms with Crippen molar-refractivity contribution in [3.8, 4) is 0 Å². The molecule has 96 valence electrons. The van der Waals surface area contributed by atoms with Gasteiger partial charge in [0.25, 0.3) is 0 Å². The largest absolute Gasteiger partial charge is 0.263 e. The molecule has 18 heavy (non-hydrogen) atoms. The van der Waals surface area contributed by atoms with Gasteiger partial charge in [-0.05, 0) is 30.0 Å². The normalized spacial score (nSPS) is 11.4. The first-order chi connectivity index (χ1) is 8.58. The fraction of sp³-hybridized carbons (Fsp3) is 0.467. The lowest BCUT2D eigenvalue weighted by molar-refractivity contribution is 0.597. The van der Waals surface area contributed by atoms with Crippen molar-refractivity contribution >= 4 is 0 Å². The van der Waals surface area contributed by atoms with Crippen LogP contribution in [0.1, 0.15) is 56.6 Å². The van der Waals surface area contributed by atoms with Gasteiger partial charge in [0.1, 0.15) is 0 Å². The van der Waals surface area contributed by atoms with Crippen molar-refractivity contribution in [1.82, 2.24) is 14.8 Å². The molecule has 0 N–H and O–H groups in total. The molecule has 3 nitrogen and oxygen atoms in total. The van der Waals surface area contributed by atoms with Crippen LogP contribution in [0.25, 0.3) is 0 Å². The van der Waals surface area contributed by atoms with Gasteiger partial charge in [-0.15, -0.1) is 0 Å². The average molecular weight is 243 g/mol. The van der Waals surface area contributed by atoms with E-state index >= 15 is 0 Å². The summed E-state index contributed by atoms with van der Waals surface area (Å²) >= 11 is 0. The molecule has 0 aliphatic carbocycles. The van der Waals surface area contributed by atoms with Crippen molar-refractivity contribution in [1.29, 1.82) is 0 Å². The van der Waals surface area contributed by atoms with Crippen molar-refractivity contribution in [2.24, 2.45) is 0 Å². The van der Waals surface area contributed by atoms with E-state index in [1.54, 1.807) is 0 Å². The minimum atomic E-state index is 0.465. The molecular weight excluding hydrogens is 222 g/mol. The van der Waals surface area contributed by atoms with Gasteiger partial charge in [-0.3, -0.25) is 9.67 Å². The van der Waals surface area contributed by atoms with E-state index in [1.807, 2.05) is 24.4 Å². The van der Waals surface area contributed by atoms with Crippen LogP contribution < -0.4 is 0 Å². The van der Waals surface area contributed by atoms with E-state index in [9.17, 15) is 0 Å². The Kier molecular flexibility index (Phi) is 3.80. The van der Waals surface area contributed by atoms with Crippen molar-refractivity contribution in [2.75, 3.05) is 0 Å². The molecule has 2 aromatic rings. The molecule has 0 saturated carbocycles. The molecule has 0 unspecified atom stereocenters. The number of pyridine rings is 1. The molecule has 0 bridgehead atoms. The molecule has 3 heteroatoms. The summed E-state index contributed by atoms with van der Waals surface area (Å²) < 4.78 is 2.09. The van der Waals surface area contributed by atoms with Crippen LogP contribution in [0.5, 0.6) is 0 Å². The maximum absolute atomic E-state index is 4.70. The fourth-order valence-electron chi connectivity index (χ4n) is 1.97. The fourth-order valence-corrected chi connectivity index (χ4v) is 1.97. The highest BCUT2D eigenvalue weighted by Crippen LogP contribution is 2.21. The lowest BCUT2D eigenvalue weighted by Gasteiger charge is -2.09. The van der Waals surface area contributed by atoms with Gasteiger partial charge in [0.15, 0.2) is 0 Å². The summed E-state index contributed by atoms with van der Waals surface area (Å²) in [6.45, 7) is 9.52. The number of aromatic nitrogens is 3. The molecule has 0 fully saturated rings. The van der Waals surface area contributed by atoms with Gasteiger partial charge in [-0.25, -0.2) is 0 Å². The summed E-state index contributed by atoms with van der Waals surface area (Å²) in [7, 11) is 0. The van der Waals surface area contributed by atoms with Gasteiger partial charge >= 0.3 is 0 Å². The maximum atomic E-state index is 4.70. The number of nitrogens with zero attached hydrogens (tertiary/aromatic N) is 3. The maximum Gasteiger partial charge on any atom is 0.0834 e. The van der Waals surface area contributed by atoms with Crippen LogP contribution in [-0.2, 0) is 6.54 Å². The summed E-state index contributed by atoms with van der Waals surface area (Å²) in [5.74, 6) is 0.946. The van der Waals surface area contributed by atoms with Gasteiger partial charge in [-0.1, -0.05) is 33.8 Å². The predicted octanol–water partition coefficient (Wildman–Crippen LogP) is 3.57. The Bertz CT molecular complexity index is 498. The minimum absolute atomic E-state index is 0.465. The van der Waals surface area contributed by atoms with E-state index in [0.717, 1.165) is 17.9 Å². The zero-order chi connectivity index (χ0) is 13.1. The molecule has 0 aromatic carbocycles. The molecule has 2 rings (SSSR count). The second-order valence-electron chi connectivity index (χ2n) is 5.28. The van der Waals surface area contributed by atoms with Crippen LogP contribution in [0.3, 0.4) is 0 Å². The van der Waals surface area contributed by atoms with E-state index in [1.165, 1.54) is 5.69 Å². The molecule has 0 radical (unpaired) electrons. The molecule has 0 saturated heterocycles. The summed E-state index contributed by atoms with van der Waals surface area (Å²) in [4.78, 5) is 4.37. The Labute approximate surface area is 109 Å². The second-order valence-corrected chi connectivity index (χ2v) is 5.28. The summed E-state index contributed by atoms with van der Waals surface area (Å²) in [6.07, 6.45) is 1.83. The van der Waals surface area contributed by atoms with E-state index in [-0.39, 0.29) is 0 Å². The second kappa shape index (κ2) is 5.34. The highest BCUT2D eigenvalue weighted by Gasteiger charge is 2.13. The summed E-state index contributed by atoms with van der Waals surface area (Å²) in [5, 5.41) is 4.70. The van der Waals surface area contributed by atoms with E-state index < -0.39 is 0 Å². The van der Waals surface area contributed by atoms with E-state index in [4.69, 9.17) is 5.10 Å². The molecule has 0 aliphatic rings. The van der Waals surface area contributed by atoms with Crippen LogP contribution in [0.4, 0.5) is 0 Å². The number of hydrogen-bond acceptors (Lipinski definition) is 2. The van der Waals surface area contributed by atoms with Gasteiger partial charge in [0.05, 0.1) is 17.9 Å². The van der Waals surface area contributed by atoms with E-state index in [2.05, 4.69) is 43.4 Å². The first-order valence-corrected chi connectivity index (χ1v) is 6.55. The molecule has 0 amide bonds. The van der Waals surface area contributed by atoms with Crippen molar-refractivity contribution < 1.29 is 0 Å². The van der Waals surface area contributed by atoms with Crippen LogP contribution in [0.15, 0.2) is 30.5 Å². The number of rotatable bonds is 4. The topological polar surface area (TPSA) is 30.7 Å². The molecule has 0 atom stereocenters. The van der Waals surface area contributed by atoms with Crippen LogP contribution in [-0.4, -0.2) is 14.8 Å².